The standard InChI is InChI=1S/C25H21FN2O3/c1-15-5-3-7-18(11-15)22-21(23(29)19-8-9-20(26)16(2)12-19)24(30)25(31)28(22)14-17-6-4-10-27-13-17/h3-13,22,29H,14H2,1-2H3/b23-21-. The first kappa shape index (κ1) is 20.5. The lowest BCUT2D eigenvalue weighted by atomic mass is 9.94. The molecule has 1 saturated heterocycles. The highest BCUT2D eigenvalue weighted by Gasteiger charge is 2.46. The zero-order chi connectivity index (χ0) is 22.1. The molecule has 156 valence electrons. The van der Waals surface area contributed by atoms with E-state index < -0.39 is 23.5 Å². The molecule has 3 aromatic rings. The summed E-state index contributed by atoms with van der Waals surface area (Å²) in [6.45, 7) is 3.65. The third-order valence-electron chi connectivity index (χ3n) is 5.40. The minimum absolute atomic E-state index is 0.00880. The molecule has 1 fully saturated rings. The number of benzene rings is 2. The van der Waals surface area contributed by atoms with E-state index in [0.29, 0.717) is 11.1 Å². The zero-order valence-electron chi connectivity index (χ0n) is 17.2. The van der Waals surface area contributed by atoms with Gasteiger partial charge in [-0.2, -0.15) is 0 Å². The van der Waals surface area contributed by atoms with Crippen molar-refractivity contribution in [3.63, 3.8) is 0 Å². The number of carbonyl (C=O) groups is 2. The van der Waals surface area contributed by atoms with Gasteiger partial charge in [-0.25, -0.2) is 4.39 Å². The number of aromatic nitrogens is 1. The molecule has 2 aromatic carbocycles. The van der Waals surface area contributed by atoms with Crippen molar-refractivity contribution in [3.8, 4) is 0 Å². The Morgan fingerprint density at radius 2 is 1.90 bits per heavy atom. The second kappa shape index (κ2) is 8.14. The van der Waals surface area contributed by atoms with Gasteiger partial charge in [0.2, 0.25) is 0 Å². The number of aliphatic hydroxyl groups excluding tert-OH is 1. The van der Waals surface area contributed by atoms with Gasteiger partial charge in [0, 0.05) is 24.5 Å². The average Bonchev–Trinajstić information content (AvgIpc) is 3.01. The smallest absolute Gasteiger partial charge is 0.295 e. The van der Waals surface area contributed by atoms with Gasteiger partial charge in [0.05, 0.1) is 11.6 Å². The van der Waals surface area contributed by atoms with Gasteiger partial charge in [-0.3, -0.25) is 14.6 Å². The van der Waals surface area contributed by atoms with Crippen LogP contribution in [0.4, 0.5) is 4.39 Å². The highest BCUT2D eigenvalue weighted by molar-refractivity contribution is 6.46. The van der Waals surface area contributed by atoms with Gasteiger partial charge < -0.3 is 10.0 Å². The van der Waals surface area contributed by atoms with Crippen LogP contribution in [0.15, 0.2) is 72.6 Å². The largest absolute Gasteiger partial charge is 0.507 e. The highest BCUT2D eigenvalue weighted by atomic mass is 19.1. The molecule has 4 rings (SSSR count). The second-order valence-electron chi connectivity index (χ2n) is 7.67. The Kier molecular flexibility index (Phi) is 5.38. The van der Waals surface area contributed by atoms with Crippen LogP contribution in [0.2, 0.25) is 0 Å². The van der Waals surface area contributed by atoms with Crippen LogP contribution in [0.5, 0.6) is 0 Å². The SMILES string of the molecule is Cc1cccc(C2/C(=C(/O)c3ccc(F)c(C)c3)C(=O)C(=O)N2Cc2cccnc2)c1. The van der Waals surface area contributed by atoms with Crippen molar-refractivity contribution in [2.45, 2.75) is 26.4 Å². The quantitative estimate of drug-likeness (QED) is 0.387. The van der Waals surface area contributed by atoms with Crippen molar-refractivity contribution in [3.05, 3.63) is 106 Å². The van der Waals surface area contributed by atoms with Gasteiger partial charge >= 0.3 is 0 Å². The number of hydrogen-bond donors (Lipinski definition) is 1. The van der Waals surface area contributed by atoms with E-state index in [2.05, 4.69) is 4.98 Å². The topological polar surface area (TPSA) is 70.5 Å². The number of nitrogens with zero attached hydrogens (tertiary/aromatic N) is 2. The Labute approximate surface area is 179 Å². The molecule has 5 nitrogen and oxygen atoms in total. The number of carbonyl (C=O) groups excluding carboxylic acids is 2. The Bertz CT molecular complexity index is 1200. The van der Waals surface area contributed by atoms with E-state index in [1.54, 1.807) is 25.4 Å². The maximum absolute atomic E-state index is 13.7. The highest BCUT2D eigenvalue weighted by Crippen LogP contribution is 2.40. The lowest BCUT2D eigenvalue weighted by Crippen LogP contribution is -2.29. The molecule has 1 aliphatic heterocycles. The minimum atomic E-state index is -0.773. The molecule has 1 aromatic heterocycles. The van der Waals surface area contributed by atoms with Crippen LogP contribution in [0, 0.1) is 19.7 Å². The summed E-state index contributed by atoms with van der Waals surface area (Å²) in [7, 11) is 0. The predicted molar refractivity (Wildman–Crippen MR) is 114 cm³/mol. The Hall–Kier alpha value is -3.80. The second-order valence-corrected chi connectivity index (χ2v) is 7.67. The van der Waals surface area contributed by atoms with Crippen molar-refractivity contribution in [1.29, 1.82) is 0 Å². The van der Waals surface area contributed by atoms with Crippen molar-refractivity contribution >= 4 is 17.4 Å². The lowest BCUT2D eigenvalue weighted by Gasteiger charge is -2.25. The van der Waals surface area contributed by atoms with Gasteiger partial charge in [-0.05, 0) is 54.8 Å². The van der Waals surface area contributed by atoms with Gasteiger partial charge in [0.15, 0.2) is 0 Å². The van der Waals surface area contributed by atoms with Crippen LogP contribution in [-0.2, 0) is 16.1 Å². The number of ketones is 1. The summed E-state index contributed by atoms with van der Waals surface area (Å²) in [5, 5.41) is 11.1. The molecule has 2 heterocycles. The van der Waals surface area contributed by atoms with Crippen LogP contribution in [-0.4, -0.2) is 26.7 Å². The molecule has 1 unspecified atom stereocenters. The number of amides is 1. The normalized spacial score (nSPS) is 17.9. The van der Waals surface area contributed by atoms with E-state index in [1.165, 1.54) is 23.1 Å². The van der Waals surface area contributed by atoms with Gasteiger partial charge in [-0.15, -0.1) is 0 Å². The fourth-order valence-electron chi connectivity index (χ4n) is 3.87. The number of halogens is 1. The summed E-state index contributed by atoms with van der Waals surface area (Å²) in [6, 6.07) is 14.4. The number of pyridine rings is 1. The first-order valence-corrected chi connectivity index (χ1v) is 9.87. The molecule has 1 aliphatic rings. The molecule has 0 saturated carbocycles. The predicted octanol–water partition coefficient (Wildman–Crippen LogP) is 4.46. The van der Waals surface area contributed by atoms with Crippen LogP contribution >= 0.6 is 0 Å². The van der Waals surface area contributed by atoms with Gasteiger partial charge in [0.1, 0.15) is 11.6 Å². The van der Waals surface area contributed by atoms with E-state index in [0.717, 1.165) is 11.1 Å². The number of hydrogen-bond acceptors (Lipinski definition) is 4. The molecular formula is C25H21FN2O3. The zero-order valence-corrected chi connectivity index (χ0v) is 17.2. The monoisotopic (exact) mass is 416 g/mol. The minimum Gasteiger partial charge on any atom is -0.507 e. The average molecular weight is 416 g/mol. The summed E-state index contributed by atoms with van der Waals surface area (Å²) < 4.78 is 13.7. The van der Waals surface area contributed by atoms with E-state index >= 15 is 0 Å². The Morgan fingerprint density at radius 3 is 2.58 bits per heavy atom. The van der Waals surface area contributed by atoms with Crippen molar-refractivity contribution in [1.82, 2.24) is 9.88 Å². The van der Waals surface area contributed by atoms with E-state index in [1.807, 2.05) is 37.3 Å². The fraction of sp³-hybridized carbons (Fsp3) is 0.160. The van der Waals surface area contributed by atoms with E-state index in [-0.39, 0.29) is 23.4 Å². The molecule has 0 radical (unpaired) electrons. The molecule has 1 amide bonds. The maximum Gasteiger partial charge on any atom is 0.295 e. The van der Waals surface area contributed by atoms with Gasteiger partial charge in [0.25, 0.3) is 11.7 Å². The molecular weight excluding hydrogens is 395 g/mol. The fourth-order valence-corrected chi connectivity index (χ4v) is 3.87. The number of likely N-dealkylation sites (tertiary alicyclic amines) is 1. The number of aryl methyl sites for hydroxylation is 2. The summed E-state index contributed by atoms with van der Waals surface area (Å²) in [5.41, 5.74) is 3.05. The Morgan fingerprint density at radius 1 is 1.10 bits per heavy atom. The van der Waals surface area contributed by atoms with Crippen LogP contribution < -0.4 is 0 Å². The third kappa shape index (κ3) is 3.84. The number of Topliss-reactive ketones (excluding diaryl/α,β-unsaturated/α-hetero) is 1. The van der Waals surface area contributed by atoms with Crippen LogP contribution in [0.3, 0.4) is 0 Å². The molecule has 0 aliphatic carbocycles. The van der Waals surface area contributed by atoms with Gasteiger partial charge in [-0.1, -0.05) is 35.9 Å². The molecule has 6 heteroatoms. The summed E-state index contributed by atoms with van der Waals surface area (Å²) in [4.78, 5) is 31.6. The van der Waals surface area contributed by atoms with Crippen molar-refractivity contribution in [2.24, 2.45) is 0 Å². The number of rotatable bonds is 4. The van der Waals surface area contributed by atoms with E-state index in [4.69, 9.17) is 0 Å². The maximum atomic E-state index is 13.7. The first-order valence-electron chi connectivity index (χ1n) is 9.87. The van der Waals surface area contributed by atoms with Crippen LogP contribution in [0.1, 0.15) is 33.9 Å². The summed E-state index contributed by atoms with van der Waals surface area (Å²) in [6.07, 6.45) is 3.27. The molecule has 0 spiro atoms. The molecule has 1 atom stereocenters. The molecule has 0 bridgehead atoms. The molecule has 1 N–H and O–H groups in total. The third-order valence-corrected chi connectivity index (χ3v) is 5.40. The van der Waals surface area contributed by atoms with Crippen LogP contribution in [0.25, 0.3) is 5.76 Å². The summed E-state index contributed by atoms with van der Waals surface area (Å²) in [5.74, 6) is -2.20. The Balaban J connectivity index is 1.88. The number of aliphatic hydroxyl groups is 1. The van der Waals surface area contributed by atoms with E-state index in [9.17, 15) is 19.1 Å². The molecule has 31 heavy (non-hydrogen) atoms. The van der Waals surface area contributed by atoms with Crippen molar-refractivity contribution in [2.75, 3.05) is 0 Å². The lowest BCUT2D eigenvalue weighted by molar-refractivity contribution is -0.140. The summed E-state index contributed by atoms with van der Waals surface area (Å²) >= 11 is 0. The first-order chi connectivity index (χ1) is 14.9. The van der Waals surface area contributed by atoms with Crippen molar-refractivity contribution < 1.29 is 19.1 Å².